The van der Waals surface area contributed by atoms with Gasteiger partial charge in [-0.05, 0) is 62.1 Å². The number of hydrogen-bond acceptors (Lipinski definition) is 3. The lowest BCUT2D eigenvalue weighted by atomic mass is 9.97. The molecule has 0 amide bonds. The molecule has 0 atom stereocenters. The van der Waals surface area contributed by atoms with Crippen LogP contribution in [0.4, 0.5) is 0 Å². The van der Waals surface area contributed by atoms with E-state index in [1.54, 1.807) is 15.6 Å². The van der Waals surface area contributed by atoms with Crippen LogP contribution < -0.4 is 0 Å². The van der Waals surface area contributed by atoms with Gasteiger partial charge in [-0.2, -0.15) is 4.31 Å². The fourth-order valence-corrected chi connectivity index (χ4v) is 6.39. The summed E-state index contributed by atoms with van der Waals surface area (Å²) in [7, 11) is -3.40. The first-order chi connectivity index (χ1) is 10.9. The lowest BCUT2D eigenvalue weighted by molar-refractivity contribution is 0.321. The average molecular weight is 350 g/mol. The van der Waals surface area contributed by atoms with Gasteiger partial charge in [-0.15, -0.1) is 11.3 Å². The predicted molar refractivity (Wildman–Crippen MR) is 95.7 cm³/mol. The Bertz CT molecular complexity index is 763. The van der Waals surface area contributed by atoms with Crippen molar-refractivity contribution in [3.8, 4) is 0 Å². The van der Waals surface area contributed by atoms with Crippen molar-refractivity contribution in [2.75, 3.05) is 13.1 Å². The van der Waals surface area contributed by atoms with Gasteiger partial charge in [0, 0.05) is 18.0 Å². The maximum absolute atomic E-state index is 13.1. The summed E-state index contributed by atoms with van der Waals surface area (Å²) in [5.41, 5.74) is 2.81. The van der Waals surface area contributed by atoms with Crippen molar-refractivity contribution >= 4 is 21.4 Å². The molecule has 23 heavy (non-hydrogen) atoms. The van der Waals surface area contributed by atoms with E-state index in [1.165, 1.54) is 4.88 Å². The second-order valence-electron chi connectivity index (χ2n) is 6.42. The Morgan fingerprint density at radius 3 is 2.22 bits per heavy atom. The molecular weight excluding hydrogens is 326 g/mol. The molecule has 1 aliphatic rings. The number of sulfonamides is 1. The van der Waals surface area contributed by atoms with Crippen molar-refractivity contribution in [3.63, 3.8) is 0 Å². The Morgan fingerprint density at radius 1 is 1.09 bits per heavy atom. The maximum Gasteiger partial charge on any atom is 0.243 e. The zero-order valence-corrected chi connectivity index (χ0v) is 15.5. The number of thiophene rings is 1. The van der Waals surface area contributed by atoms with Gasteiger partial charge in [0.25, 0.3) is 0 Å². The Hall–Kier alpha value is -1.17. The van der Waals surface area contributed by atoms with E-state index < -0.39 is 10.0 Å². The van der Waals surface area contributed by atoms with E-state index in [-0.39, 0.29) is 0 Å². The summed E-state index contributed by atoms with van der Waals surface area (Å²) < 4.78 is 27.8. The molecule has 1 aromatic heterocycles. The highest BCUT2D eigenvalue weighted by Crippen LogP contribution is 2.34. The summed E-state index contributed by atoms with van der Waals surface area (Å²) >= 11 is 1.77. The van der Waals surface area contributed by atoms with Gasteiger partial charge in [0.2, 0.25) is 10.0 Å². The summed E-state index contributed by atoms with van der Waals surface area (Å²) in [6, 6.07) is 8.15. The van der Waals surface area contributed by atoms with Crippen LogP contribution in [0.3, 0.4) is 0 Å². The minimum Gasteiger partial charge on any atom is -0.207 e. The minimum atomic E-state index is -3.40. The topological polar surface area (TPSA) is 37.4 Å². The summed E-state index contributed by atoms with van der Waals surface area (Å²) in [4.78, 5) is 1.88. The van der Waals surface area contributed by atoms with Gasteiger partial charge >= 0.3 is 0 Å². The molecular formula is C18H23NO2S2. The normalized spacial score (nSPS) is 17.5. The minimum absolute atomic E-state index is 0.498. The molecule has 124 valence electrons. The number of hydrogen-bond donors (Lipinski definition) is 0. The van der Waals surface area contributed by atoms with Crippen LogP contribution in [0.25, 0.3) is 0 Å². The highest BCUT2D eigenvalue weighted by atomic mass is 32.2. The molecule has 2 heterocycles. The van der Waals surface area contributed by atoms with E-state index >= 15 is 0 Å². The van der Waals surface area contributed by atoms with Gasteiger partial charge in [-0.3, -0.25) is 0 Å². The van der Waals surface area contributed by atoms with Crippen LogP contribution in [-0.2, 0) is 10.0 Å². The number of aryl methyl sites for hydroxylation is 3. The molecule has 0 saturated carbocycles. The first kappa shape index (κ1) is 16.7. The number of benzene rings is 1. The fourth-order valence-electron chi connectivity index (χ4n) is 3.61. The monoisotopic (exact) mass is 349 g/mol. The van der Waals surface area contributed by atoms with Crippen molar-refractivity contribution in [2.24, 2.45) is 0 Å². The van der Waals surface area contributed by atoms with Crippen molar-refractivity contribution in [1.82, 2.24) is 4.31 Å². The Morgan fingerprint density at radius 2 is 1.70 bits per heavy atom. The van der Waals surface area contributed by atoms with Crippen molar-refractivity contribution in [3.05, 3.63) is 51.2 Å². The standard InChI is InChI=1S/C18H23NO2S2/c1-13-11-14(2)18(15(3)12-13)23(20,21)19-8-6-16(7-9-19)17-5-4-10-22-17/h4-5,10-12,16H,6-9H2,1-3H3. The molecule has 5 heteroatoms. The Labute approximate surface area is 143 Å². The lowest BCUT2D eigenvalue weighted by Gasteiger charge is -2.31. The molecule has 1 saturated heterocycles. The quantitative estimate of drug-likeness (QED) is 0.831. The summed E-state index contributed by atoms with van der Waals surface area (Å²) in [5.74, 6) is 0.502. The highest BCUT2D eigenvalue weighted by Gasteiger charge is 2.32. The molecule has 0 bridgehead atoms. The third kappa shape index (κ3) is 3.23. The van der Waals surface area contributed by atoms with Crippen LogP contribution >= 0.6 is 11.3 Å². The second-order valence-corrected chi connectivity index (χ2v) is 9.28. The smallest absolute Gasteiger partial charge is 0.207 e. The van der Waals surface area contributed by atoms with E-state index in [0.29, 0.717) is 23.9 Å². The Kier molecular flexibility index (Phi) is 4.63. The molecule has 0 spiro atoms. The Balaban J connectivity index is 1.82. The second kappa shape index (κ2) is 6.38. The fraction of sp³-hybridized carbons (Fsp3) is 0.444. The van der Waals surface area contributed by atoms with E-state index in [2.05, 4.69) is 17.5 Å². The molecule has 3 nitrogen and oxygen atoms in total. The third-order valence-corrected chi connectivity index (χ3v) is 7.84. The van der Waals surface area contributed by atoms with Crippen LogP contribution in [0.2, 0.25) is 0 Å². The number of nitrogens with zero attached hydrogens (tertiary/aromatic N) is 1. The molecule has 0 unspecified atom stereocenters. The van der Waals surface area contributed by atoms with Gasteiger partial charge in [0.1, 0.15) is 0 Å². The zero-order chi connectivity index (χ0) is 16.6. The van der Waals surface area contributed by atoms with Crippen LogP contribution in [0, 0.1) is 20.8 Å². The SMILES string of the molecule is Cc1cc(C)c(S(=O)(=O)N2CCC(c3cccs3)CC2)c(C)c1. The van der Waals surface area contributed by atoms with E-state index in [0.717, 1.165) is 29.5 Å². The molecule has 2 aromatic rings. The van der Waals surface area contributed by atoms with E-state index in [1.807, 2.05) is 32.9 Å². The maximum atomic E-state index is 13.1. The summed E-state index contributed by atoms with van der Waals surface area (Å²) in [5, 5.41) is 2.09. The van der Waals surface area contributed by atoms with Crippen molar-refractivity contribution in [1.29, 1.82) is 0 Å². The molecule has 0 aliphatic carbocycles. The first-order valence-corrected chi connectivity index (χ1v) is 10.3. The predicted octanol–water partition coefficient (Wildman–Crippen LogP) is 4.24. The van der Waals surface area contributed by atoms with Crippen LogP contribution in [0.1, 0.15) is 40.3 Å². The largest absolute Gasteiger partial charge is 0.243 e. The zero-order valence-electron chi connectivity index (χ0n) is 13.9. The first-order valence-electron chi connectivity index (χ1n) is 8.01. The van der Waals surface area contributed by atoms with Crippen LogP contribution in [0.15, 0.2) is 34.5 Å². The number of rotatable bonds is 3. The van der Waals surface area contributed by atoms with Crippen molar-refractivity contribution < 1.29 is 8.42 Å². The highest BCUT2D eigenvalue weighted by molar-refractivity contribution is 7.89. The van der Waals surface area contributed by atoms with Gasteiger partial charge in [0.05, 0.1) is 4.90 Å². The summed E-state index contributed by atoms with van der Waals surface area (Å²) in [6.07, 6.45) is 1.81. The molecule has 1 fully saturated rings. The van der Waals surface area contributed by atoms with Gasteiger partial charge < -0.3 is 0 Å². The lowest BCUT2D eigenvalue weighted by Crippen LogP contribution is -2.38. The van der Waals surface area contributed by atoms with Crippen LogP contribution in [0.5, 0.6) is 0 Å². The van der Waals surface area contributed by atoms with Gasteiger partial charge in [-0.25, -0.2) is 8.42 Å². The summed E-state index contributed by atoms with van der Waals surface area (Å²) in [6.45, 7) is 7.01. The van der Waals surface area contributed by atoms with E-state index in [9.17, 15) is 8.42 Å². The third-order valence-electron chi connectivity index (χ3n) is 4.60. The van der Waals surface area contributed by atoms with Gasteiger partial charge in [-0.1, -0.05) is 23.8 Å². The van der Waals surface area contributed by atoms with Crippen LogP contribution in [-0.4, -0.2) is 25.8 Å². The molecule has 0 radical (unpaired) electrons. The molecule has 3 rings (SSSR count). The molecule has 1 aliphatic heterocycles. The van der Waals surface area contributed by atoms with Crippen molar-refractivity contribution in [2.45, 2.75) is 44.4 Å². The average Bonchev–Trinajstić information content (AvgIpc) is 3.00. The van der Waals surface area contributed by atoms with E-state index in [4.69, 9.17) is 0 Å². The van der Waals surface area contributed by atoms with Gasteiger partial charge in [0.15, 0.2) is 0 Å². The molecule has 1 aromatic carbocycles. The number of piperidine rings is 1. The molecule has 0 N–H and O–H groups in total.